The van der Waals surface area contributed by atoms with Crippen LogP contribution in [-0.2, 0) is 39.3 Å². The highest BCUT2D eigenvalue weighted by Gasteiger charge is 2.35. The summed E-state index contributed by atoms with van der Waals surface area (Å²) in [5.74, 6) is -0.630. The molecule has 1 aromatic heterocycles. The van der Waals surface area contributed by atoms with Gasteiger partial charge in [-0.3, -0.25) is 15.0 Å². The summed E-state index contributed by atoms with van der Waals surface area (Å²) >= 11 is 0. The maximum atomic E-state index is 11.9. The summed E-state index contributed by atoms with van der Waals surface area (Å²) in [6.45, 7) is 25.5. The Kier molecular flexibility index (Phi) is 12.2. The van der Waals surface area contributed by atoms with Gasteiger partial charge < -0.3 is 10.8 Å². The first kappa shape index (κ1) is 38.3. The van der Waals surface area contributed by atoms with Crippen molar-refractivity contribution in [2.24, 2.45) is 5.73 Å². The lowest BCUT2D eigenvalue weighted by Gasteiger charge is -2.26. The Bertz CT molecular complexity index is 1540. The van der Waals surface area contributed by atoms with E-state index in [9.17, 15) is 4.79 Å². The topological polar surface area (TPSA) is 130 Å². The first-order valence-electron chi connectivity index (χ1n) is 16.1. The molecule has 0 amide bonds. The fourth-order valence-corrected chi connectivity index (χ4v) is 6.09. The van der Waals surface area contributed by atoms with Crippen LogP contribution >= 0.6 is 0 Å². The quantitative estimate of drug-likeness (QED) is 0.148. The van der Waals surface area contributed by atoms with E-state index in [2.05, 4.69) is 109 Å². The van der Waals surface area contributed by atoms with Crippen LogP contribution in [0.5, 0.6) is 0 Å². The monoisotopic (exact) mass is 628 g/mol. The zero-order chi connectivity index (χ0) is 35.3. The predicted octanol–water partition coefficient (Wildman–Crippen LogP) is 8.72. The SMILES string of the molecule is CC(=O)O.CC(=O)c1cc(C(C)(C)C)cc2c1CCC2(C)C.CC(C)(C)c1cc(-c2ccncn2)c2c(c1)C(C)(C)CC2.N=CN. The lowest BCUT2D eigenvalue weighted by atomic mass is 9.79. The van der Waals surface area contributed by atoms with Gasteiger partial charge in [-0.2, -0.15) is 0 Å². The molecule has 0 saturated carbocycles. The van der Waals surface area contributed by atoms with Crippen LogP contribution in [-0.4, -0.2) is 33.2 Å². The van der Waals surface area contributed by atoms with Crippen LogP contribution in [0.15, 0.2) is 42.9 Å². The van der Waals surface area contributed by atoms with Gasteiger partial charge in [0.05, 0.1) is 12.0 Å². The second-order valence-corrected chi connectivity index (χ2v) is 15.7. The molecule has 2 aliphatic rings. The minimum atomic E-state index is -0.833. The van der Waals surface area contributed by atoms with E-state index >= 15 is 0 Å². The Balaban J connectivity index is 0.000000269. The molecule has 5 rings (SSSR count). The van der Waals surface area contributed by atoms with E-state index in [1.807, 2.05) is 12.3 Å². The molecule has 250 valence electrons. The Hall–Kier alpha value is -3.87. The molecule has 1 heterocycles. The van der Waals surface area contributed by atoms with E-state index in [-0.39, 0.29) is 27.4 Å². The molecule has 0 unspecified atom stereocenters. The number of nitrogens with zero attached hydrogens (tertiary/aromatic N) is 2. The van der Waals surface area contributed by atoms with Gasteiger partial charge in [0.15, 0.2) is 5.78 Å². The average Bonchev–Trinajstić information content (AvgIpc) is 3.42. The van der Waals surface area contributed by atoms with E-state index in [1.54, 1.807) is 13.3 Å². The van der Waals surface area contributed by atoms with Crippen LogP contribution in [0.2, 0.25) is 0 Å². The fourth-order valence-electron chi connectivity index (χ4n) is 6.09. The molecule has 4 N–H and O–H groups in total. The second kappa shape index (κ2) is 14.7. The minimum absolute atomic E-state index is 0.0951. The van der Waals surface area contributed by atoms with Crippen molar-refractivity contribution in [3.63, 3.8) is 0 Å². The number of rotatable bonds is 2. The summed E-state index contributed by atoms with van der Waals surface area (Å²) in [5, 5.41) is 13.3. The van der Waals surface area contributed by atoms with Crippen LogP contribution < -0.4 is 5.73 Å². The van der Waals surface area contributed by atoms with Crippen molar-refractivity contribution in [1.29, 1.82) is 5.41 Å². The van der Waals surface area contributed by atoms with Gasteiger partial charge in [0.2, 0.25) is 0 Å². The van der Waals surface area contributed by atoms with E-state index in [0.29, 0.717) is 0 Å². The number of fused-ring (bicyclic) bond motifs is 2. The maximum Gasteiger partial charge on any atom is 0.300 e. The highest BCUT2D eigenvalue weighted by molar-refractivity contribution is 5.96. The van der Waals surface area contributed by atoms with Crippen LogP contribution in [0, 0.1) is 5.41 Å². The summed E-state index contributed by atoms with van der Waals surface area (Å²) in [7, 11) is 0. The molecule has 0 atom stereocenters. The molecule has 0 radical (unpaired) electrons. The number of aromatic nitrogens is 2. The number of carbonyl (C=O) groups is 2. The first-order valence-corrected chi connectivity index (χ1v) is 16.1. The molecule has 7 heteroatoms. The second-order valence-electron chi connectivity index (χ2n) is 15.7. The van der Waals surface area contributed by atoms with Gasteiger partial charge in [-0.05, 0) is 106 Å². The largest absolute Gasteiger partial charge is 0.481 e. The van der Waals surface area contributed by atoms with Crippen molar-refractivity contribution in [2.45, 2.75) is 130 Å². The minimum Gasteiger partial charge on any atom is -0.481 e. The van der Waals surface area contributed by atoms with Crippen LogP contribution in [0.25, 0.3) is 11.3 Å². The number of aliphatic carboxylic acids is 1. The molecular weight excluding hydrogens is 572 g/mol. The molecule has 0 aliphatic heterocycles. The van der Waals surface area contributed by atoms with Gasteiger partial charge in [0.25, 0.3) is 5.97 Å². The molecular formula is C39H56N4O3. The van der Waals surface area contributed by atoms with Crippen molar-refractivity contribution >= 4 is 18.1 Å². The highest BCUT2D eigenvalue weighted by atomic mass is 16.4. The lowest BCUT2D eigenvalue weighted by molar-refractivity contribution is -0.134. The van der Waals surface area contributed by atoms with E-state index in [0.717, 1.165) is 43.8 Å². The Morgan fingerprint density at radius 3 is 1.70 bits per heavy atom. The van der Waals surface area contributed by atoms with Crippen molar-refractivity contribution in [3.05, 3.63) is 81.8 Å². The third-order valence-electron chi connectivity index (χ3n) is 8.93. The average molecular weight is 629 g/mol. The molecule has 3 aromatic rings. The molecule has 0 spiro atoms. The number of hydrogen-bond acceptors (Lipinski definition) is 5. The smallest absolute Gasteiger partial charge is 0.300 e. The molecule has 2 aliphatic carbocycles. The molecule has 2 aromatic carbocycles. The van der Waals surface area contributed by atoms with Crippen LogP contribution in [0.4, 0.5) is 0 Å². The standard InChI is InChI=1S/C19H24N2.C17H24O.C2H4O2.CH4N2/c1-18(2,3)13-10-15(17-7-9-20-12-21-17)14-6-8-19(4,5)16(14)11-13;1-11(18)14-9-12(16(2,3)4)10-15-13(14)7-8-17(15,5)6;1-2(3)4;2-1-3/h7,9-12H,6,8H2,1-5H3;9-10H,7-8H2,1-6H3;1H3,(H,3,4);1H,(H3,2,3). The third-order valence-corrected chi connectivity index (χ3v) is 8.93. The van der Waals surface area contributed by atoms with Crippen molar-refractivity contribution in [1.82, 2.24) is 9.97 Å². The van der Waals surface area contributed by atoms with Crippen molar-refractivity contribution in [2.75, 3.05) is 0 Å². The van der Waals surface area contributed by atoms with Crippen LogP contribution in [0.1, 0.15) is 140 Å². The highest BCUT2D eigenvalue weighted by Crippen LogP contribution is 2.45. The first-order chi connectivity index (χ1) is 21.1. The molecule has 0 saturated heterocycles. The van der Waals surface area contributed by atoms with Gasteiger partial charge in [0, 0.05) is 24.2 Å². The predicted molar refractivity (Wildman–Crippen MR) is 190 cm³/mol. The van der Waals surface area contributed by atoms with Gasteiger partial charge >= 0.3 is 0 Å². The van der Waals surface area contributed by atoms with E-state index in [1.165, 1.54) is 45.4 Å². The molecule has 46 heavy (non-hydrogen) atoms. The summed E-state index contributed by atoms with van der Waals surface area (Å²) < 4.78 is 0. The number of ketones is 1. The van der Waals surface area contributed by atoms with Gasteiger partial charge in [-0.25, -0.2) is 9.97 Å². The number of carbonyl (C=O) groups excluding carboxylic acids is 1. The lowest BCUT2D eigenvalue weighted by Crippen LogP contribution is -2.17. The van der Waals surface area contributed by atoms with Crippen molar-refractivity contribution < 1.29 is 14.7 Å². The van der Waals surface area contributed by atoms with Crippen molar-refractivity contribution in [3.8, 4) is 11.3 Å². The summed E-state index contributed by atoms with van der Waals surface area (Å²) in [4.78, 5) is 29.4. The van der Waals surface area contributed by atoms with Crippen LogP contribution in [0.3, 0.4) is 0 Å². The number of nitrogens with one attached hydrogen (secondary N) is 1. The van der Waals surface area contributed by atoms with E-state index < -0.39 is 5.97 Å². The van der Waals surface area contributed by atoms with Gasteiger partial charge in [-0.1, -0.05) is 81.4 Å². The van der Waals surface area contributed by atoms with Gasteiger partial charge in [-0.15, -0.1) is 0 Å². The Labute approximate surface area is 277 Å². The third kappa shape index (κ3) is 9.57. The normalized spacial score (nSPS) is 15.4. The molecule has 7 nitrogen and oxygen atoms in total. The summed E-state index contributed by atoms with van der Waals surface area (Å²) in [6, 6.07) is 11.2. The number of hydrogen-bond donors (Lipinski definition) is 3. The summed E-state index contributed by atoms with van der Waals surface area (Å²) in [6.07, 6.45) is 8.78. The number of benzene rings is 2. The number of carboxylic acids is 1. The zero-order valence-corrected chi connectivity index (χ0v) is 30.2. The Morgan fingerprint density at radius 2 is 1.28 bits per heavy atom. The molecule has 0 fully saturated rings. The Morgan fingerprint density at radius 1 is 0.848 bits per heavy atom. The van der Waals surface area contributed by atoms with E-state index in [4.69, 9.17) is 15.3 Å². The fraction of sp³-hybridized carbons (Fsp3) is 0.513. The summed E-state index contributed by atoms with van der Waals surface area (Å²) in [5.41, 5.74) is 16.7. The maximum absolute atomic E-state index is 11.9. The molecule has 0 bridgehead atoms. The number of Topliss-reactive ketones (excluding diaryl/α,β-unsaturated/α-hetero) is 1. The number of carboxylic acid groups (broad SMARTS) is 1. The van der Waals surface area contributed by atoms with Gasteiger partial charge in [0.1, 0.15) is 6.33 Å². The zero-order valence-electron chi connectivity index (χ0n) is 30.2. The number of nitrogens with two attached hydrogens (primary N) is 1.